The summed E-state index contributed by atoms with van der Waals surface area (Å²) in [5.74, 6) is 0.640. The predicted molar refractivity (Wildman–Crippen MR) is 64.5 cm³/mol. The maximum Gasteiger partial charge on any atom is 0.505 e. The minimum absolute atomic E-state index is 0.148. The molecule has 1 aliphatic rings. The average molecular weight is 248 g/mol. The summed E-state index contributed by atoms with van der Waals surface area (Å²) in [5, 5.41) is 9.73. The van der Waals surface area contributed by atoms with E-state index in [0.29, 0.717) is 12.3 Å². The van der Waals surface area contributed by atoms with Crippen LogP contribution in [-0.2, 0) is 4.57 Å². The zero-order valence-electron chi connectivity index (χ0n) is 9.72. The molecular weight excluding hydrogens is 225 g/mol. The molecule has 0 aromatic heterocycles. The maximum absolute atomic E-state index is 10.5. The molecule has 0 heterocycles. The van der Waals surface area contributed by atoms with Gasteiger partial charge in [0.2, 0.25) is 0 Å². The molecule has 0 amide bonds. The summed E-state index contributed by atoms with van der Waals surface area (Å²) >= 11 is 0. The van der Waals surface area contributed by atoms with Crippen molar-refractivity contribution >= 4 is 8.03 Å². The standard InChI is InChI=1S/C11H22NO3P/c12-10(11(13)6-7-16(14)15)8-9-4-2-1-3-5-9/h9-11,13H,1-8,12H2/p+1/t10-,11?/m0/s1. The molecule has 4 N–H and O–H groups in total. The molecule has 0 saturated heterocycles. The van der Waals surface area contributed by atoms with Gasteiger partial charge in [-0.1, -0.05) is 32.1 Å². The first-order valence-electron chi connectivity index (χ1n) is 6.16. The molecule has 0 aromatic carbocycles. The normalized spacial score (nSPS) is 22.8. The monoisotopic (exact) mass is 248 g/mol. The lowest BCUT2D eigenvalue weighted by Crippen LogP contribution is -2.37. The van der Waals surface area contributed by atoms with Crippen molar-refractivity contribution in [2.75, 3.05) is 6.16 Å². The van der Waals surface area contributed by atoms with E-state index >= 15 is 0 Å². The van der Waals surface area contributed by atoms with Gasteiger partial charge in [0.15, 0.2) is 6.16 Å². The first-order chi connectivity index (χ1) is 7.59. The molecule has 5 heteroatoms. The van der Waals surface area contributed by atoms with E-state index in [4.69, 9.17) is 10.6 Å². The van der Waals surface area contributed by atoms with E-state index in [2.05, 4.69) is 0 Å². The Morgan fingerprint density at radius 3 is 2.50 bits per heavy atom. The van der Waals surface area contributed by atoms with Gasteiger partial charge in [-0.25, -0.2) is 0 Å². The fraction of sp³-hybridized carbons (Fsp3) is 1.00. The number of hydrogen-bond acceptors (Lipinski definition) is 3. The van der Waals surface area contributed by atoms with Crippen molar-refractivity contribution in [3.63, 3.8) is 0 Å². The lowest BCUT2D eigenvalue weighted by atomic mass is 9.84. The van der Waals surface area contributed by atoms with E-state index in [-0.39, 0.29) is 12.2 Å². The van der Waals surface area contributed by atoms with Crippen LogP contribution < -0.4 is 5.73 Å². The lowest BCUT2D eigenvalue weighted by Gasteiger charge is -2.26. The molecule has 0 spiro atoms. The van der Waals surface area contributed by atoms with Crippen LogP contribution in [0.3, 0.4) is 0 Å². The van der Waals surface area contributed by atoms with Gasteiger partial charge in [-0.3, -0.25) is 0 Å². The zero-order chi connectivity index (χ0) is 12.0. The van der Waals surface area contributed by atoms with Crippen LogP contribution in [0.15, 0.2) is 0 Å². The van der Waals surface area contributed by atoms with Crippen LogP contribution in [0.1, 0.15) is 44.9 Å². The summed E-state index contributed by atoms with van der Waals surface area (Å²) in [6, 6.07) is -0.238. The average Bonchev–Trinajstić information content (AvgIpc) is 2.27. The number of aliphatic hydroxyl groups is 1. The Hall–Kier alpha value is -0.0200. The van der Waals surface area contributed by atoms with E-state index in [0.717, 1.165) is 6.42 Å². The Bertz CT molecular complexity index is 219. The van der Waals surface area contributed by atoms with Crippen LogP contribution >= 0.6 is 8.03 Å². The van der Waals surface area contributed by atoms with Crippen LogP contribution in [0.5, 0.6) is 0 Å². The van der Waals surface area contributed by atoms with Gasteiger partial charge in [0, 0.05) is 12.5 Å². The molecule has 0 aromatic rings. The van der Waals surface area contributed by atoms with E-state index in [1.165, 1.54) is 32.1 Å². The third kappa shape index (κ3) is 5.35. The second kappa shape index (κ2) is 7.33. The summed E-state index contributed by atoms with van der Waals surface area (Å²) < 4.78 is 10.5. The Morgan fingerprint density at radius 1 is 1.31 bits per heavy atom. The first kappa shape index (κ1) is 14.0. The summed E-state index contributed by atoms with van der Waals surface area (Å²) in [7, 11) is -2.14. The molecule has 0 radical (unpaired) electrons. The fourth-order valence-electron chi connectivity index (χ4n) is 2.42. The van der Waals surface area contributed by atoms with E-state index < -0.39 is 14.1 Å². The minimum Gasteiger partial charge on any atom is -0.391 e. The second-order valence-corrected chi connectivity index (χ2v) is 5.99. The molecular formula is C11H23NO3P+. The number of aliphatic hydroxyl groups excluding tert-OH is 1. The molecule has 3 atom stereocenters. The molecule has 16 heavy (non-hydrogen) atoms. The number of rotatable bonds is 6. The third-order valence-corrected chi connectivity index (χ3v) is 4.08. The van der Waals surface area contributed by atoms with Gasteiger partial charge in [0.1, 0.15) is 0 Å². The summed E-state index contributed by atoms with van der Waals surface area (Å²) in [6.45, 7) is 0. The highest BCUT2D eigenvalue weighted by Gasteiger charge is 2.23. The predicted octanol–water partition coefficient (Wildman–Crippen LogP) is 1.77. The van der Waals surface area contributed by atoms with Gasteiger partial charge in [0.25, 0.3) is 0 Å². The highest BCUT2D eigenvalue weighted by Crippen LogP contribution is 2.28. The highest BCUT2D eigenvalue weighted by molar-refractivity contribution is 7.37. The van der Waals surface area contributed by atoms with E-state index in [1.54, 1.807) is 0 Å². The van der Waals surface area contributed by atoms with Crippen molar-refractivity contribution in [2.24, 2.45) is 11.7 Å². The van der Waals surface area contributed by atoms with Gasteiger partial charge in [-0.2, -0.15) is 4.89 Å². The summed E-state index contributed by atoms with van der Waals surface area (Å²) in [6.07, 6.45) is 7.00. The molecule has 0 bridgehead atoms. The molecule has 0 aliphatic heterocycles. The SMILES string of the molecule is N[C@@H](CC1CCCCC1)C(O)CC[P+](=O)O. The molecule has 2 unspecified atom stereocenters. The maximum atomic E-state index is 10.5. The third-order valence-electron chi connectivity index (χ3n) is 3.44. The van der Waals surface area contributed by atoms with Crippen LogP contribution in [-0.4, -0.2) is 28.3 Å². The van der Waals surface area contributed by atoms with Gasteiger partial charge in [-0.15, -0.1) is 0 Å². The number of nitrogens with two attached hydrogens (primary N) is 1. The van der Waals surface area contributed by atoms with Gasteiger partial charge in [-0.05, 0) is 16.9 Å². The Morgan fingerprint density at radius 2 is 1.94 bits per heavy atom. The fourth-order valence-corrected chi connectivity index (χ4v) is 2.91. The van der Waals surface area contributed by atoms with Crippen LogP contribution in [0.4, 0.5) is 0 Å². The summed E-state index contributed by atoms with van der Waals surface area (Å²) in [4.78, 5) is 8.66. The highest BCUT2D eigenvalue weighted by atomic mass is 31.1. The van der Waals surface area contributed by atoms with Crippen molar-refractivity contribution in [3.05, 3.63) is 0 Å². The van der Waals surface area contributed by atoms with Crippen molar-refractivity contribution in [2.45, 2.75) is 57.1 Å². The van der Waals surface area contributed by atoms with Crippen molar-refractivity contribution < 1.29 is 14.6 Å². The second-order valence-electron chi connectivity index (χ2n) is 4.84. The van der Waals surface area contributed by atoms with Gasteiger partial charge < -0.3 is 10.8 Å². The topological polar surface area (TPSA) is 83.5 Å². The van der Waals surface area contributed by atoms with Crippen LogP contribution in [0.2, 0.25) is 0 Å². The molecule has 1 fully saturated rings. The minimum atomic E-state index is -2.14. The zero-order valence-corrected chi connectivity index (χ0v) is 10.6. The quantitative estimate of drug-likeness (QED) is 0.625. The molecule has 4 nitrogen and oxygen atoms in total. The van der Waals surface area contributed by atoms with Crippen molar-refractivity contribution in [1.29, 1.82) is 0 Å². The Kier molecular flexibility index (Phi) is 6.44. The first-order valence-corrected chi connectivity index (χ1v) is 7.56. The van der Waals surface area contributed by atoms with E-state index in [1.807, 2.05) is 0 Å². The molecule has 1 saturated carbocycles. The van der Waals surface area contributed by atoms with Crippen LogP contribution in [0, 0.1) is 5.92 Å². The summed E-state index contributed by atoms with van der Waals surface area (Å²) in [5.41, 5.74) is 5.91. The van der Waals surface area contributed by atoms with Gasteiger partial charge >= 0.3 is 8.03 Å². The molecule has 1 aliphatic carbocycles. The molecule has 94 valence electrons. The number of hydrogen-bond donors (Lipinski definition) is 3. The van der Waals surface area contributed by atoms with Gasteiger partial charge in [0.05, 0.1) is 6.10 Å². The Labute approximate surface area is 98.1 Å². The van der Waals surface area contributed by atoms with E-state index in [9.17, 15) is 9.67 Å². The smallest absolute Gasteiger partial charge is 0.391 e. The lowest BCUT2D eigenvalue weighted by molar-refractivity contribution is 0.123. The Balaban J connectivity index is 2.21. The van der Waals surface area contributed by atoms with Crippen molar-refractivity contribution in [3.8, 4) is 0 Å². The molecule has 1 rings (SSSR count). The van der Waals surface area contributed by atoms with Crippen LogP contribution in [0.25, 0.3) is 0 Å². The van der Waals surface area contributed by atoms with Crippen molar-refractivity contribution in [1.82, 2.24) is 0 Å². The largest absolute Gasteiger partial charge is 0.505 e.